The first kappa shape index (κ1) is 12.9. The van der Waals surface area contributed by atoms with Gasteiger partial charge in [-0.25, -0.2) is 0 Å². The van der Waals surface area contributed by atoms with E-state index in [1.165, 1.54) is 6.92 Å². The second-order valence-electron chi connectivity index (χ2n) is 3.40. The van der Waals surface area contributed by atoms with E-state index in [1.807, 2.05) is 36.0 Å². The highest BCUT2D eigenvalue weighted by Crippen LogP contribution is 2.15. The molecular weight excluding hydrogens is 222 g/mol. The second kappa shape index (κ2) is 7.17. The molecule has 0 heterocycles. The number of amides is 1. The van der Waals surface area contributed by atoms with Gasteiger partial charge in [0.05, 0.1) is 6.61 Å². The van der Waals surface area contributed by atoms with Crippen molar-refractivity contribution in [2.24, 2.45) is 0 Å². The average Bonchev–Trinajstić information content (AvgIpc) is 2.26. The van der Waals surface area contributed by atoms with Crippen LogP contribution in [0.1, 0.15) is 13.3 Å². The average molecular weight is 239 g/mol. The molecule has 0 fully saturated rings. The molecule has 0 aliphatic carbocycles. The third-order valence-electron chi connectivity index (χ3n) is 1.94. The Labute approximate surface area is 101 Å². The van der Waals surface area contributed by atoms with E-state index in [-0.39, 0.29) is 5.91 Å². The van der Waals surface area contributed by atoms with Crippen molar-refractivity contribution in [3.8, 4) is 5.75 Å². The zero-order valence-corrected chi connectivity index (χ0v) is 10.5. The Balaban J connectivity index is 2.36. The Morgan fingerprint density at radius 2 is 2.06 bits per heavy atom. The summed E-state index contributed by atoms with van der Waals surface area (Å²) >= 11 is 1.82. The lowest BCUT2D eigenvalue weighted by atomic mass is 10.3. The van der Waals surface area contributed by atoms with E-state index in [1.54, 1.807) is 0 Å². The number of hydrogen-bond donors (Lipinski definition) is 1. The second-order valence-corrected chi connectivity index (χ2v) is 4.39. The van der Waals surface area contributed by atoms with Crippen LogP contribution in [0.4, 0.5) is 5.69 Å². The lowest BCUT2D eigenvalue weighted by molar-refractivity contribution is -0.114. The maximum atomic E-state index is 10.8. The van der Waals surface area contributed by atoms with Gasteiger partial charge in [0.1, 0.15) is 5.75 Å². The van der Waals surface area contributed by atoms with Gasteiger partial charge in [0.2, 0.25) is 5.91 Å². The van der Waals surface area contributed by atoms with Crippen molar-refractivity contribution >= 4 is 23.4 Å². The highest BCUT2D eigenvalue weighted by molar-refractivity contribution is 7.98. The van der Waals surface area contributed by atoms with E-state index >= 15 is 0 Å². The van der Waals surface area contributed by atoms with Gasteiger partial charge in [-0.05, 0) is 42.7 Å². The van der Waals surface area contributed by atoms with Crippen LogP contribution in [-0.2, 0) is 4.79 Å². The minimum atomic E-state index is -0.0614. The Morgan fingerprint density at radius 1 is 1.38 bits per heavy atom. The Hall–Kier alpha value is -1.16. The summed E-state index contributed by atoms with van der Waals surface area (Å²) in [5.41, 5.74) is 0.795. The number of carbonyl (C=O) groups excluding carboxylic acids is 1. The first-order chi connectivity index (χ1) is 7.72. The molecule has 0 aliphatic heterocycles. The van der Waals surface area contributed by atoms with E-state index in [0.717, 1.165) is 30.2 Å². The third-order valence-corrected chi connectivity index (χ3v) is 2.63. The van der Waals surface area contributed by atoms with Crippen LogP contribution in [-0.4, -0.2) is 24.5 Å². The van der Waals surface area contributed by atoms with E-state index in [9.17, 15) is 4.79 Å². The van der Waals surface area contributed by atoms with Gasteiger partial charge in [0, 0.05) is 12.6 Å². The first-order valence-electron chi connectivity index (χ1n) is 5.22. The maximum Gasteiger partial charge on any atom is 0.221 e. The number of hydrogen-bond acceptors (Lipinski definition) is 3. The topological polar surface area (TPSA) is 38.3 Å². The van der Waals surface area contributed by atoms with E-state index in [0.29, 0.717) is 0 Å². The van der Waals surface area contributed by atoms with Crippen LogP contribution >= 0.6 is 11.8 Å². The number of carbonyl (C=O) groups is 1. The highest BCUT2D eigenvalue weighted by Gasteiger charge is 1.96. The van der Waals surface area contributed by atoms with Crippen LogP contribution in [0.15, 0.2) is 24.3 Å². The molecule has 4 heteroatoms. The van der Waals surface area contributed by atoms with E-state index in [2.05, 4.69) is 11.6 Å². The van der Waals surface area contributed by atoms with Crippen molar-refractivity contribution in [1.29, 1.82) is 0 Å². The summed E-state index contributed by atoms with van der Waals surface area (Å²) in [4.78, 5) is 10.8. The molecule has 88 valence electrons. The van der Waals surface area contributed by atoms with Crippen molar-refractivity contribution < 1.29 is 9.53 Å². The molecule has 0 saturated heterocycles. The van der Waals surface area contributed by atoms with Crippen LogP contribution in [0, 0.1) is 0 Å². The molecule has 1 aromatic rings. The molecule has 0 spiro atoms. The molecule has 1 N–H and O–H groups in total. The first-order valence-corrected chi connectivity index (χ1v) is 6.61. The molecule has 0 aliphatic rings. The summed E-state index contributed by atoms with van der Waals surface area (Å²) in [6, 6.07) is 7.41. The van der Waals surface area contributed by atoms with Gasteiger partial charge >= 0.3 is 0 Å². The van der Waals surface area contributed by atoms with Crippen molar-refractivity contribution in [3.63, 3.8) is 0 Å². The number of thioether (sulfide) groups is 1. The quantitative estimate of drug-likeness (QED) is 0.776. The molecule has 1 rings (SSSR count). The van der Waals surface area contributed by atoms with Gasteiger partial charge in [0.15, 0.2) is 0 Å². The van der Waals surface area contributed by atoms with Gasteiger partial charge in [-0.2, -0.15) is 11.8 Å². The Morgan fingerprint density at radius 3 is 2.62 bits per heavy atom. The Kier molecular flexibility index (Phi) is 5.78. The molecule has 0 saturated carbocycles. The standard InChI is InChI=1S/C12H17NO2S/c1-10(14)13-11-4-6-12(7-5-11)15-8-3-9-16-2/h4-7H,3,8-9H2,1-2H3,(H,13,14). The molecule has 16 heavy (non-hydrogen) atoms. The summed E-state index contributed by atoms with van der Waals surface area (Å²) in [6.07, 6.45) is 3.14. The number of benzene rings is 1. The summed E-state index contributed by atoms with van der Waals surface area (Å²) in [5.74, 6) is 1.90. The summed E-state index contributed by atoms with van der Waals surface area (Å²) in [7, 11) is 0. The largest absolute Gasteiger partial charge is 0.494 e. The SMILES string of the molecule is CSCCCOc1ccc(NC(C)=O)cc1. The smallest absolute Gasteiger partial charge is 0.221 e. The zero-order chi connectivity index (χ0) is 11.8. The molecule has 0 aromatic heterocycles. The van der Waals surface area contributed by atoms with Gasteiger partial charge in [-0.15, -0.1) is 0 Å². The van der Waals surface area contributed by atoms with Crippen molar-refractivity contribution in [2.75, 3.05) is 23.9 Å². The highest BCUT2D eigenvalue weighted by atomic mass is 32.2. The predicted molar refractivity (Wildman–Crippen MR) is 69.2 cm³/mol. The van der Waals surface area contributed by atoms with Gasteiger partial charge < -0.3 is 10.1 Å². The van der Waals surface area contributed by atoms with Crippen molar-refractivity contribution in [2.45, 2.75) is 13.3 Å². The fourth-order valence-electron chi connectivity index (χ4n) is 1.23. The van der Waals surface area contributed by atoms with E-state index < -0.39 is 0 Å². The fraction of sp³-hybridized carbons (Fsp3) is 0.417. The summed E-state index contributed by atoms with van der Waals surface area (Å²) < 4.78 is 5.54. The van der Waals surface area contributed by atoms with Crippen LogP contribution in [0.5, 0.6) is 5.75 Å². The maximum absolute atomic E-state index is 10.8. The van der Waals surface area contributed by atoms with Crippen LogP contribution in [0.3, 0.4) is 0 Å². The lowest BCUT2D eigenvalue weighted by Crippen LogP contribution is -2.05. The molecule has 0 unspecified atom stereocenters. The zero-order valence-electron chi connectivity index (χ0n) is 9.66. The molecule has 0 atom stereocenters. The normalized spacial score (nSPS) is 9.88. The minimum absolute atomic E-state index is 0.0614. The van der Waals surface area contributed by atoms with Gasteiger partial charge in [-0.3, -0.25) is 4.79 Å². The molecular formula is C12H17NO2S. The third kappa shape index (κ3) is 5.07. The molecule has 1 amide bonds. The minimum Gasteiger partial charge on any atom is -0.494 e. The number of nitrogens with one attached hydrogen (secondary N) is 1. The number of anilines is 1. The van der Waals surface area contributed by atoms with Crippen LogP contribution in [0.2, 0.25) is 0 Å². The van der Waals surface area contributed by atoms with E-state index in [4.69, 9.17) is 4.74 Å². The Bertz CT molecular complexity index is 324. The summed E-state index contributed by atoms with van der Waals surface area (Å²) in [5, 5.41) is 2.71. The van der Waals surface area contributed by atoms with Crippen LogP contribution < -0.4 is 10.1 Å². The number of ether oxygens (including phenoxy) is 1. The fourth-order valence-corrected chi connectivity index (χ4v) is 1.64. The van der Waals surface area contributed by atoms with Gasteiger partial charge in [-0.1, -0.05) is 0 Å². The lowest BCUT2D eigenvalue weighted by Gasteiger charge is -2.06. The van der Waals surface area contributed by atoms with Crippen molar-refractivity contribution in [3.05, 3.63) is 24.3 Å². The predicted octanol–water partition coefficient (Wildman–Crippen LogP) is 2.78. The molecule has 0 radical (unpaired) electrons. The van der Waals surface area contributed by atoms with Gasteiger partial charge in [0.25, 0.3) is 0 Å². The number of rotatable bonds is 6. The molecule has 3 nitrogen and oxygen atoms in total. The summed E-state index contributed by atoms with van der Waals surface area (Å²) in [6.45, 7) is 2.23. The molecule has 0 bridgehead atoms. The monoisotopic (exact) mass is 239 g/mol. The molecule has 1 aromatic carbocycles. The van der Waals surface area contributed by atoms with Crippen molar-refractivity contribution in [1.82, 2.24) is 0 Å². The van der Waals surface area contributed by atoms with Crippen LogP contribution in [0.25, 0.3) is 0 Å².